The van der Waals surface area contributed by atoms with Crippen LogP contribution in [-0.4, -0.2) is 55.0 Å². The quantitative estimate of drug-likeness (QED) is 0.398. The van der Waals surface area contributed by atoms with Gasteiger partial charge in [-0.05, 0) is 37.3 Å². The lowest BCUT2D eigenvalue weighted by molar-refractivity contribution is -0.137. The van der Waals surface area contributed by atoms with Gasteiger partial charge in [0.15, 0.2) is 11.5 Å². The van der Waals surface area contributed by atoms with Crippen LogP contribution in [0, 0.1) is 6.92 Å². The Balaban J connectivity index is 1.43. The number of piperidine rings is 1. The summed E-state index contributed by atoms with van der Waals surface area (Å²) in [7, 11) is 3.01. The predicted molar refractivity (Wildman–Crippen MR) is 122 cm³/mol. The highest BCUT2D eigenvalue weighted by molar-refractivity contribution is 6.45. The normalized spacial score (nSPS) is 14.7. The first-order chi connectivity index (χ1) is 16.6. The highest BCUT2D eigenvalue weighted by Gasteiger charge is 2.32. The maximum atomic E-state index is 13.2. The summed E-state index contributed by atoms with van der Waals surface area (Å²) in [6, 6.07) is 7.90. The molecule has 4 rings (SSSR count). The molecule has 1 aliphatic heterocycles. The van der Waals surface area contributed by atoms with Crippen LogP contribution in [0.4, 0.5) is 13.2 Å². The Morgan fingerprint density at radius 2 is 1.60 bits per heavy atom. The van der Waals surface area contributed by atoms with Crippen LogP contribution < -0.4 is 14.2 Å². The number of ketones is 1. The molecule has 0 bridgehead atoms. The molecule has 3 aromatic rings. The van der Waals surface area contributed by atoms with E-state index in [4.69, 9.17) is 14.2 Å². The third kappa shape index (κ3) is 4.91. The second-order valence-electron chi connectivity index (χ2n) is 8.34. The minimum Gasteiger partial charge on any atom is -0.493 e. The number of halogens is 3. The lowest BCUT2D eigenvalue weighted by Crippen LogP contribution is -2.44. The number of amides is 1. The molecule has 2 aromatic carbocycles. The monoisotopic (exact) mass is 490 g/mol. The van der Waals surface area contributed by atoms with E-state index < -0.39 is 23.4 Å². The molecular weight excluding hydrogens is 465 g/mol. The highest BCUT2D eigenvalue weighted by Crippen LogP contribution is 2.35. The molecule has 1 aliphatic rings. The van der Waals surface area contributed by atoms with Crippen LogP contribution in [0.3, 0.4) is 0 Å². The average Bonchev–Trinajstić information content (AvgIpc) is 3.16. The number of Topliss-reactive ketones (excluding diaryl/α,β-unsaturated/α-hetero) is 1. The first kappa shape index (κ1) is 24.4. The zero-order valence-corrected chi connectivity index (χ0v) is 19.5. The molecule has 186 valence electrons. The van der Waals surface area contributed by atoms with Crippen molar-refractivity contribution < 1.29 is 37.0 Å². The van der Waals surface area contributed by atoms with E-state index >= 15 is 0 Å². The standard InChI is InChI=1S/C25H25F3N2O5/c1-14-22(18-12-20(33-2)21(34-3)13-19(18)29-14)23(31)24(32)30-10-8-17(9-11-30)35-16-6-4-15(5-7-16)25(26,27)28/h4-7,12-13,17,29H,8-11H2,1-3H3. The molecule has 35 heavy (non-hydrogen) atoms. The Labute approximate surface area is 199 Å². The van der Waals surface area contributed by atoms with E-state index in [9.17, 15) is 22.8 Å². The van der Waals surface area contributed by atoms with E-state index in [0.717, 1.165) is 12.1 Å². The molecule has 0 atom stereocenters. The third-order valence-corrected chi connectivity index (χ3v) is 6.13. The Morgan fingerprint density at radius 1 is 1.00 bits per heavy atom. The molecule has 10 heteroatoms. The van der Waals surface area contributed by atoms with Crippen molar-refractivity contribution >= 4 is 22.6 Å². The number of hydrogen-bond donors (Lipinski definition) is 1. The van der Waals surface area contributed by atoms with E-state index in [2.05, 4.69) is 4.98 Å². The van der Waals surface area contributed by atoms with Crippen molar-refractivity contribution in [1.82, 2.24) is 9.88 Å². The van der Waals surface area contributed by atoms with Gasteiger partial charge in [0.2, 0.25) is 0 Å². The summed E-state index contributed by atoms with van der Waals surface area (Å²) >= 11 is 0. The summed E-state index contributed by atoms with van der Waals surface area (Å²) < 4.78 is 54.6. The highest BCUT2D eigenvalue weighted by atomic mass is 19.4. The van der Waals surface area contributed by atoms with Crippen molar-refractivity contribution in [1.29, 1.82) is 0 Å². The fourth-order valence-electron chi connectivity index (χ4n) is 4.29. The van der Waals surface area contributed by atoms with Crippen molar-refractivity contribution in [2.45, 2.75) is 32.0 Å². The molecule has 0 radical (unpaired) electrons. The third-order valence-electron chi connectivity index (χ3n) is 6.13. The second kappa shape index (κ2) is 9.52. The molecule has 1 fully saturated rings. The largest absolute Gasteiger partial charge is 0.493 e. The van der Waals surface area contributed by atoms with Gasteiger partial charge in [0, 0.05) is 43.1 Å². The van der Waals surface area contributed by atoms with Gasteiger partial charge in [0.05, 0.1) is 30.9 Å². The van der Waals surface area contributed by atoms with Gasteiger partial charge in [0.1, 0.15) is 11.9 Å². The van der Waals surface area contributed by atoms with Crippen LogP contribution in [0.15, 0.2) is 36.4 Å². The van der Waals surface area contributed by atoms with Gasteiger partial charge in [-0.25, -0.2) is 0 Å². The summed E-state index contributed by atoms with van der Waals surface area (Å²) in [5.41, 5.74) is 0.760. The van der Waals surface area contributed by atoms with Crippen LogP contribution in [0.1, 0.15) is 34.5 Å². The lowest BCUT2D eigenvalue weighted by Gasteiger charge is -2.31. The summed E-state index contributed by atoms with van der Waals surface area (Å²) in [4.78, 5) is 30.8. The van der Waals surface area contributed by atoms with Gasteiger partial charge >= 0.3 is 6.18 Å². The second-order valence-corrected chi connectivity index (χ2v) is 8.34. The molecule has 0 aliphatic carbocycles. The number of rotatable bonds is 6. The average molecular weight is 490 g/mol. The van der Waals surface area contributed by atoms with E-state index in [1.54, 1.807) is 19.1 Å². The molecular formula is C25H25F3N2O5. The van der Waals surface area contributed by atoms with Crippen molar-refractivity contribution in [3.8, 4) is 17.2 Å². The first-order valence-electron chi connectivity index (χ1n) is 11.0. The number of ether oxygens (including phenoxy) is 3. The van der Waals surface area contributed by atoms with Crippen molar-refractivity contribution in [3.05, 3.63) is 53.2 Å². The topological polar surface area (TPSA) is 80.9 Å². The zero-order chi connectivity index (χ0) is 25.3. The number of alkyl halides is 3. The molecule has 7 nitrogen and oxygen atoms in total. The van der Waals surface area contributed by atoms with E-state index in [0.29, 0.717) is 59.8 Å². The number of H-pyrrole nitrogens is 1. The zero-order valence-electron chi connectivity index (χ0n) is 19.5. The summed E-state index contributed by atoms with van der Waals surface area (Å²) in [6.45, 7) is 2.33. The van der Waals surface area contributed by atoms with Gasteiger partial charge in [0.25, 0.3) is 11.7 Å². The number of nitrogens with zero attached hydrogens (tertiary/aromatic N) is 1. The van der Waals surface area contributed by atoms with Crippen LogP contribution in [0.5, 0.6) is 17.2 Å². The van der Waals surface area contributed by atoms with Crippen molar-refractivity contribution in [2.24, 2.45) is 0 Å². The molecule has 0 unspecified atom stereocenters. The van der Waals surface area contributed by atoms with Gasteiger partial charge in [-0.1, -0.05) is 0 Å². The number of benzene rings is 2. The summed E-state index contributed by atoms with van der Waals surface area (Å²) in [6.07, 6.45) is -3.76. The maximum Gasteiger partial charge on any atom is 0.416 e. The number of fused-ring (bicyclic) bond motifs is 1. The minimum atomic E-state index is -4.41. The number of likely N-dealkylation sites (tertiary alicyclic amines) is 1. The molecule has 1 aromatic heterocycles. The molecule has 2 heterocycles. The van der Waals surface area contributed by atoms with E-state index in [1.807, 2.05) is 0 Å². The molecule has 1 saturated heterocycles. The van der Waals surface area contributed by atoms with Gasteiger partial charge in [-0.2, -0.15) is 13.2 Å². The van der Waals surface area contributed by atoms with Gasteiger partial charge in [-0.15, -0.1) is 0 Å². The minimum absolute atomic E-state index is 0.266. The lowest BCUT2D eigenvalue weighted by atomic mass is 10.0. The fourth-order valence-corrected chi connectivity index (χ4v) is 4.29. The molecule has 1 N–H and O–H groups in total. The SMILES string of the molecule is COc1cc2[nH]c(C)c(C(=O)C(=O)N3CCC(Oc4ccc(C(F)(F)F)cc4)CC3)c2cc1OC. The maximum absolute atomic E-state index is 13.2. The van der Waals surface area contributed by atoms with Crippen LogP contribution >= 0.6 is 0 Å². The first-order valence-corrected chi connectivity index (χ1v) is 11.0. The smallest absolute Gasteiger partial charge is 0.416 e. The number of carbonyl (C=O) groups is 2. The molecule has 1 amide bonds. The van der Waals surface area contributed by atoms with Crippen LogP contribution in [0.2, 0.25) is 0 Å². The van der Waals surface area contributed by atoms with Gasteiger partial charge < -0.3 is 24.1 Å². The predicted octanol–water partition coefficient (Wildman–Crippen LogP) is 4.77. The molecule has 0 spiro atoms. The summed E-state index contributed by atoms with van der Waals surface area (Å²) in [5.74, 6) is 0.0425. The Hall–Kier alpha value is -3.69. The number of hydrogen-bond acceptors (Lipinski definition) is 5. The number of aromatic nitrogens is 1. The van der Waals surface area contributed by atoms with Gasteiger partial charge in [-0.3, -0.25) is 9.59 Å². The van der Waals surface area contributed by atoms with E-state index in [-0.39, 0.29) is 11.7 Å². The molecule has 0 saturated carbocycles. The number of aromatic amines is 1. The van der Waals surface area contributed by atoms with Crippen molar-refractivity contribution in [3.63, 3.8) is 0 Å². The number of aryl methyl sites for hydroxylation is 1. The number of nitrogens with one attached hydrogen (secondary N) is 1. The van der Waals surface area contributed by atoms with Crippen LogP contribution in [0.25, 0.3) is 10.9 Å². The van der Waals surface area contributed by atoms with Crippen LogP contribution in [-0.2, 0) is 11.0 Å². The Morgan fingerprint density at radius 3 is 2.17 bits per heavy atom. The number of carbonyl (C=O) groups excluding carboxylic acids is 2. The summed E-state index contributed by atoms with van der Waals surface area (Å²) in [5, 5.41) is 0.569. The van der Waals surface area contributed by atoms with E-state index in [1.165, 1.54) is 31.3 Å². The van der Waals surface area contributed by atoms with Crippen molar-refractivity contribution in [2.75, 3.05) is 27.3 Å². The Bertz CT molecular complexity index is 1240. The number of methoxy groups -OCH3 is 2. The fraction of sp³-hybridized carbons (Fsp3) is 0.360. The Kier molecular flexibility index (Phi) is 6.64.